The quantitative estimate of drug-likeness (QED) is 0.416. The van der Waals surface area contributed by atoms with E-state index in [-0.39, 0.29) is 0 Å². The smallest absolute Gasteiger partial charge is 0.180 e. The molecule has 5 rings (SSSR count). The van der Waals surface area contributed by atoms with Crippen LogP contribution >= 0.6 is 0 Å². The topological polar surface area (TPSA) is 58.5 Å². The Morgan fingerprint density at radius 1 is 0.897 bits per heavy atom. The Labute approximate surface area is 169 Å². The fourth-order valence-electron chi connectivity index (χ4n) is 3.80. The van der Waals surface area contributed by atoms with Crippen LogP contribution in [0.1, 0.15) is 11.4 Å². The van der Waals surface area contributed by atoms with Gasteiger partial charge in [0.15, 0.2) is 5.65 Å². The molecule has 0 bridgehead atoms. The van der Waals surface area contributed by atoms with Crippen molar-refractivity contribution >= 4 is 22.5 Å². The third-order valence-electron chi connectivity index (χ3n) is 5.15. The monoisotopic (exact) mass is 379 g/mol. The lowest BCUT2D eigenvalue weighted by Crippen LogP contribution is -1.98. The number of aromatic amines is 1. The van der Waals surface area contributed by atoms with Crippen LogP contribution in [0, 0.1) is 13.8 Å². The largest absolute Gasteiger partial charge is 0.354 e. The van der Waals surface area contributed by atoms with Gasteiger partial charge in [-0.2, -0.15) is 0 Å². The van der Waals surface area contributed by atoms with E-state index in [1.807, 2.05) is 42.5 Å². The Morgan fingerprint density at radius 2 is 1.62 bits per heavy atom. The summed E-state index contributed by atoms with van der Waals surface area (Å²) in [6, 6.07) is 24.6. The lowest BCUT2D eigenvalue weighted by Gasteiger charge is -2.09. The van der Waals surface area contributed by atoms with Crippen LogP contribution in [0.25, 0.3) is 28.2 Å². The molecular formula is C24H21N5. The van der Waals surface area contributed by atoms with Gasteiger partial charge in [-0.15, -0.1) is 0 Å². The molecule has 0 radical (unpaired) electrons. The van der Waals surface area contributed by atoms with E-state index in [2.05, 4.69) is 64.0 Å². The summed E-state index contributed by atoms with van der Waals surface area (Å²) in [7, 11) is 0. The first kappa shape index (κ1) is 17.3. The van der Waals surface area contributed by atoms with E-state index >= 15 is 0 Å². The summed E-state index contributed by atoms with van der Waals surface area (Å²) in [5.41, 5.74) is 8.12. The molecule has 0 aliphatic rings. The SMILES string of the molecule is Cc1cc(-c2nc3nccc(Nc4ccccc4)c3[nH]2)c(C)n1-c1ccccc1. The van der Waals surface area contributed by atoms with Crippen molar-refractivity contribution in [1.82, 2.24) is 19.5 Å². The number of benzene rings is 2. The standard InChI is InChI=1S/C24H21N5/c1-16-15-20(17(2)29(16)19-11-7-4-8-12-19)23-27-22-21(13-14-25-24(22)28-23)26-18-9-5-3-6-10-18/h3-15H,1-2H3,(H2,25,26,27,28). The zero-order valence-corrected chi connectivity index (χ0v) is 16.3. The van der Waals surface area contributed by atoms with Gasteiger partial charge < -0.3 is 14.9 Å². The third-order valence-corrected chi connectivity index (χ3v) is 5.15. The molecular weight excluding hydrogens is 358 g/mol. The van der Waals surface area contributed by atoms with Gasteiger partial charge in [-0.1, -0.05) is 36.4 Å². The van der Waals surface area contributed by atoms with Crippen LogP contribution in [0.4, 0.5) is 11.4 Å². The van der Waals surface area contributed by atoms with E-state index in [4.69, 9.17) is 4.98 Å². The molecule has 0 saturated carbocycles. The van der Waals surface area contributed by atoms with Gasteiger partial charge in [0.25, 0.3) is 0 Å². The number of H-pyrrole nitrogens is 1. The van der Waals surface area contributed by atoms with Crippen molar-refractivity contribution in [2.75, 3.05) is 5.32 Å². The predicted molar refractivity (Wildman–Crippen MR) is 118 cm³/mol. The zero-order valence-electron chi connectivity index (χ0n) is 16.3. The number of anilines is 2. The van der Waals surface area contributed by atoms with Crippen molar-refractivity contribution in [3.63, 3.8) is 0 Å². The minimum absolute atomic E-state index is 0.699. The first-order valence-electron chi connectivity index (χ1n) is 9.62. The van der Waals surface area contributed by atoms with Gasteiger partial charge in [-0.05, 0) is 50.2 Å². The molecule has 5 nitrogen and oxygen atoms in total. The third kappa shape index (κ3) is 3.06. The fourth-order valence-corrected chi connectivity index (χ4v) is 3.80. The molecule has 0 aliphatic heterocycles. The fraction of sp³-hybridized carbons (Fsp3) is 0.0833. The van der Waals surface area contributed by atoms with Crippen LogP contribution < -0.4 is 5.32 Å². The average Bonchev–Trinajstić information content (AvgIpc) is 3.30. The number of fused-ring (bicyclic) bond motifs is 1. The van der Waals surface area contributed by atoms with Gasteiger partial charge in [-0.25, -0.2) is 9.97 Å². The van der Waals surface area contributed by atoms with Gasteiger partial charge >= 0.3 is 0 Å². The number of nitrogens with zero attached hydrogens (tertiary/aromatic N) is 3. The molecule has 142 valence electrons. The second-order valence-corrected chi connectivity index (χ2v) is 7.09. The number of hydrogen-bond acceptors (Lipinski definition) is 3. The lowest BCUT2D eigenvalue weighted by molar-refractivity contribution is 0.966. The second kappa shape index (κ2) is 6.95. The summed E-state index contributed by atoms with van der Waals surface area (Å²) >= 11 is 0. The van der Waals surface area contributed by atoms with E-state index < -0.39 is 0 Å². The molecule has 29 heavy (non-hydrogen) atoms. The number of nitrogens with one attached hydrogen (secondary N) is 2. The van der Waals surface area contributed by atoms with Crippen LogP contribution in [0.15, 0.2) is 79.0 Å². The highest BCUT2D eigenvalue weighted by atomic mass is 15.0. The molecule has 0 amide bonds. The van der Waals surface area contributed by atoms with E-state index in [1.165, 1.54) is 5.69 Å². The second-order valence-electron chi connectivity index (χ2n) is 7.09. The van der Waals surface area contributed by atoms with Crippen LogP contribution in [0.2, 0.25) is 0 Å². The molecule has 2 N–H and O–H groups in total. The highest BCUT2D eigenvalue weighted by Crippen LogP contribution is 2.31. The summed E-state index contributed by atoms with van der Waals surface area (Å²) in [4.78, 5) is 12.7. The first-order valence-corrected chi connectivity index (χ1v) is 9.62. The Balaban J connectivity index is 1.59. The van der Waals surface area contributed by atoms with Crippen LogP contribution in [-0.2, 0) is 0 Å². The normalized spacial score (nSPS) is 11.1. The van der Waals surface area contributed by atoms with Crippen molar-refractivity contribution < 1.29 is 0 Å². The van der Waals surface area contributed by atoms with Crippen LogP contribution in [0.3, 0.4) is 0 Å². The van der Waals surface area contributed by atoms with Crippen molar-refractivity contribution in [3.8, 4) is 17.1 Å². The van der Waals surface area contributed by atoms with Gasteiger partial charge in [0, 0.05) is 34.5 Å². The van der Waals surface area contributed by atoms with E-state index in [1.54, 1.807) is 6.20 Å². The molecule has 0 saturated heterocycles. The maximum Gasteiger partial charge on any atom is 0.180 e. The Kier molecular flexibility index (Phi) is 4.13. The van der Waals surface area contributed by atoms with E-state index in [0.717, 1.165) is 39.7 Å². The van der Waals surface area contributed by atoms with Crippen molar-refractivity contribution in [2.45, 2.75) is 13.8 Å². The Bertz CT molecular complexity index is 1280. The summed E-state index contributed by atoms with van der Waals surface area (Å²) in [6.07, 6.45) is 1.78. The number of imidazole rings is 1. The predicted octanol–water partition coefficient (Wildman–Crippen LogP) is 5.78. The number of rotatable bonds is 4. The molecule has 0 aliphatic carbocycles. The highest BCUT2D eigenvalue weighted by molar-refractivity contribution is 5.90. The van der Waals surface area contributed by atoms with E-state index in [0.29, 0.717) is 5.65 Å². The van der Waals surface area contributed by atoms with Gasteiger partial charge in [0.05, 0.1) is 5.69 Å². The lowest BCUT2D eigenvalue weighted by atomic mass is 10.2. The Morgan fingerprint density at radius 3 is 2.38 bits per heavy atom. The van der Waals surface area contributed by atoms with Crippen molar-refractivity contribution in [3.05, 3.63) is 90.4 Å². The molecule has 0 spiro atoms. The highest BCUT2D eigenvalue weighted by Gasteiger charge is 2.16. The molecule has 3 aromatic heterocycles. The summed E-state index contributed by atoms with van der Waals surface area (Å²) in [5, 5.41) is 3.45. The minimum Gasteiger partial charge on any atom is -0.354 e. The molecule has 5 heteroatoms. The summed E-state index contributed by atoms with van der Waals surface area (Å²) in [6.45, 7) is 4.24. The Hall–Kier alpha value is -3.86. The number of aryl methyl sites for hydroxylation is 1. The van der Waals surface area contributed by atoms with Crippen molar-refractivity contribution in [1.29, 1.82) is 0 Å². The maximum atomic E-state index is 4.77. The minimum atomic E-state index is 0.699. The van der Waals surface area contributed by atoms with Gasteiger partial charge in [0.2, 0.25) is 0 Å². The average molecular weight is 379 g/mol. The van der Waals surface area contributed by atoms with Crippen LogP contribution in [-0.4, -0.2) is 19.5 Å². The molecule has 5 aromatic rings. The molecule has 3 heterocycles. The summed E-state index contributed by atoms with van der Waals surface area (Å²) in [5.74, 6) is 0.824. The summed E-state index contributed by atoms with van der Waals surface area (Å²) < 4.78 is 2.25. The zero-order chi connectivity index (χ0) is 19.8. The first-order chi connectivity index (χ1) is 14.2. The van der Waals surface area contributed by atoms with Crippen LogP contribution in [0.5, 0.6) is 0 Å². The molecule has 0 fully saturated rings. The van der Waals surface area contributed by atoms with Gasteiger partial charge in [0.1, 0.15) is 11.3 Å². The number of pyridine rings is 1. The number of aromatic nitrogens is 4. The van der Waals surface area contributed by atoms with Crippen molar-refractivity contribution in [2.24, 2.45) is 0 Å². The molecule has 0 atom stereocenters. The maximum absolute atomic E-state index is 4.77. The molecule has 0 unspecified atom stereocenters. The van der Waals surface area contributed by atoms with Gasteiger partial charge in [-0.3, -0.25) is 0 Å². The number of para-hydroxylation sites is 2. The van der Waals surface area contributed by atoms with E-state index in [9.17, 15) is 0 Å². The number of hydrogen-bond donors (Lipinski definition) is 2. The molecule has 2 aromatic carbocycles.